The fourth-order valence-corrected chi connectivity index (χ4v) is 6.58. The summed E-state index contributed by atoms with van der Waals surface area (Å²) >= 11 is 0. The van der Waals surface area contributed by atoms with Crippen LogP contribution in [0.4, 0.5) is 5.69 Å². The van der Waals surface area contributed by atoms with Gasteiger partial charge >= 0.3 is 0 Å². The van der Waals surface area contributed by atoms with E-state index in [2.05, 4.69) is 0 Å². The van der Waals surface area contributed by atoms with Crippen molar-refractivity contribution in [2.45, 2.75) is 54.7 Å². The van der Waals surface area contributed by atoms with Crippen LogP contribution in [-0.4, -0.2) is 25.1 Å². The van der Waals surface area contributed by atoms with Gasteiger partial charge in [-0.3, -0.25) is 4.79 Å². The van der Waals surface area contributed by atoms with E-state index in [1.165, 1.54) is 0 Å². The molecule has 1 heterocycles. The van der Waals surface area contributed by atoms with Crippen molar-refractivity contribution in [3.63, 3.8) is 0 Å². The van der Waals surface area contributed by atoms with E-state index in [4.69, 9.17) is 0 Å². The first kappa shape index (κ1) is 17.3. The minimum atomic E-state index is -3.75. The Labute approximate surface area is 154 Å². The summed E-state index contributed by atoms with van der Waals surface area (Å²) in [7, 11) is -3.75. The maximum atomic E-state index is 13.7. The second kappa shape index (κ2) is 6.23. The van der Waals surface area contributed by atoms with Crippen LogP contribution in [0, 0.1) is 0 Å². The summed E-state index contributed by atoms with van der Waals surface area (Å²) in [5, 5.41) is 0. The van der Waals surface area contributed by atoms with Crippen LogP contribution < -0.4 is 4.90 Å². The molecule has 0 aromatic heterocycles. The van der Waals surface area contributed by atoms with Crippen LogP contribution in [0.15, 0.2) is 59.5 Å². The van der Waals surface area contributed by atoms with Crippen molar-refractivity contribution in [2.24, 2.45) is 0 Å². The number of sulfone groups is 1. The summed E-state index contributed by atoms with van der Waals surface area (Å²) in [6.45, 7) is 2.00. The third kappa shape index (κ3) is 2.41. The van der Waals surface area contributed by atoms with Crippen molar-refractivity contribution in [3.8, 4) is 0 Å². The number of fused-ring (bicyclic) bond motifs is 1. The maximum Gasteiger partial charge on any atom is 0.249 e. The molecule has 0 radical (unpaired) electrons. The zero-order chi connectivity index (χ0) is 18.4. The van der Waals surface area contributed by atoms with E-state index in [0.29, 0.717) is 12.8 Å². The van der Waals surface area contributed by atoms with Gasteiger partial charge in [0.05, 0.1) is 4.90 Å². The number of carbonyl (C=O) groups excluding carboxylic acids is 1. The zero-order valence-electron chi connectivity index (χ0n) is 14.9. The molecule has 2 aromatic rings. The molecule has 1 fully saturated rings. The molecule has 0 unspecified atom stereocenters. The maximum absolute atomic E-state index is 13.7. The van der Waals surface area contributed by atoms with Crippen molar-refractivity contribution < 1.29 is 13.2 Å². The largest absolute Gasteiger partial charge is 0.308 e. The van der Waals surface area contributed by atoms with Gasteiger partial charge in [0, 0.05) is 11.7 Å². The van der Waals surface area contributed by atoms with Crippen LogP contribution in [0.3, 0.4) is 0 Å². The van der Waals surface area contributed by atoms with Crippen LogP contribution in [0.1, 0.15) is 38.2 Å². The summed E-state index contributed by atoms with van der Waals surface area (Å²) in [4.78, 5) is 15.7. The van der Waals surface area contributed by atoms with E-state index in [1.54, 1.807) is 35.2 Å². The van der Waals surface area contributed by atoms with Crippen molar-refractivity contribution >= 4 is 21.4 Å². The molecule has 1 aliphatic carbocycles. The third-order valence-corrected chi connectivity index (χ3v) is 8.30. The monoisotopic (exact) mass is 369 g/mol. The van der Waals surface area contributed by atoms with Gasteiger partial charge in [0.25, 0.3) is 0 Å². The number of benzene rings is 2. The average Bonchev–Trinajstić information content (AvgIpc) is 3.27. The fraction of sp³-hybridized carbons (Fsp3) is 0.381. The standard InChI is InChI=1S/C21H23NO3S/c1-16-15-17-9-5-6-12-19(17)22(16)20(23)21(13-7-8-14-21)26(24,25)18-10-3-2-4-11-18/h2-6,9-12,16H,7-8,13-15H2,1H3/t16-/m0/s1. The van der Waals surface area contributed by atoms with Crippen LogP contribution in [0.5, 0.6) is 0 Å². The predicted molar refractivity (Wildman–Crippen MR) is 102 cm³/mol. The van der Waals surface area contributed by atoms with Crippen LogP contribution in [0.25, 0.3) is 0 Å². The molecule has 5 heteroatoms. The molecule has 0 bridgehead atoms. The Bertz CT molecular complexity index is 931. The molecule has 2 aliphatic rings. The normalized spacial score (nSPS) is 21.6. The van der Waals surface area contributed by atoms with Gasteiger partial charge in [0.15, 0.2) is 14.6 Å². The Balaban J connectivity index is 1.82. The predicted octanol–water partition coefficient (Wildman–Crippen LogP) is 3.75. The van der Waals surface area contributed by atoms with Gasteiger partial charge < -0.3 is 4.90 Å². The number of para-hydroxylation sites is 1. The summed E-state index contributed by atoms with van der Waals surface area (Å²) < 4.78 is 25.7. The summed E-state index contributed by atoms with van der Waals surface area (Å²) in [6.07, 6.45) is 3.09. The molecule has 1 saturated carbocycles. The SMILES string of the molecule is C[C@H]1Cc2ccccc2N1C(=O)C1(S(=O)(=O)c2ccccc2)CCCC1. The summed E-state index contributed by atoms with van der Waals surface area (Å²) in [5.41, 5.74) is 1.97. The number of rotatable bonds is 3. The Hall–Kier alpha value is -2.14. The topological polar surface area (TPSA) is 54.5 Å². The van der Waals surface area contributed by atoms with E-state index in [0.717, 1.165) is 30.5 Å². The minimum absolute atomic E-state index is 0.0247. The van der Waals surface area contributed by atoms with E-state index in [1.807, 2.05) is 31.2 Å². The lowest BCUT2D eigenvalue weighted by Crippen LogP contribution is -2.54. The smallest absolute Gasteiger partial charge is 0.249 e. The molecule has 0 N–H and O–H groups in total. The summed E-state index contributed by atoms with van der Waals surface area (Å²) in [6, 6.07) is 16.2. The molecule has 1 amide bonds. The molecule has 1 aliphatic heterocycles. The molecule has 0 spiro atoms. The molecular weight excluding hydrogens is 346 g/mol. The van der Waals surface area contributed by atoms with Crippen molar-refractivity contribution in [1.29, 1.82) is 0 Å². The van der Waals surface area contributed by atoms with Crippen LogP contribution in [0.2, 0.25) is 0 Å². The number of hydrogen-bond donors (Lipinski definition) is 0. The number of nitrogens with zero attached hydrogens (tertiary/aromatic N) is 1. The first-order chi connectivity index (χ1) is 12.5. The lowest BCUT2D eigenvalue weighted by atomic mass is 10.0. The van der Waals surface area contributed by atoms with E-state index < -0.39 is 14.6 Å². The van der Waals surface area contributed by atoms with Gasteiger partial charge in [0.2, 0.25) is 5.91 Å². The highest BCUT2D eigenvalue weighted by Gasteiger charge is 2.56. The second-order valence-electron chi connectivity index (χ2n) is 7.37. The molecule has 4 rings (SSSR count). The van der Waals surface area contributed by atoms with Gasteiger partial charge in [-0.2, -0.15) is 0 Å². The Morgan fingerprint density at radius 2 is 1.62 bits per heavy atom. The molecule has 136 valence electrons. The van der Waals surface area contributed by atoms with Gasteiger partial charge in [0.1, 0.15) is 0 Å². The molecule has 4 nitrogen and oxygen atoms in total. The number of hydrogen-bond acceptors (Lipinski definition) is 3. The van der Waals surface area contributed by atoms with Crippen molar-refractivity contribution in [3.05, 3.63) is 60.2 Å². The van der Waals surface area contributed by atoms with Crippen molar-refractivity contribution in [2.75, 3.05) is 4.90 Å². The van der Waals surface area contributed by atoms with E-state index in [9.17, 15) is 13.2 Å². The lowest BCUT2D eigenvalue weighted by molar-refractivity contribution is -0.121. The molecule has 1 atom stereocenters. The highest BCUT2D eigenvalue weighted by molar-refractivity contribution is 7.93. The van der Waals surface area contributed by atoms with Crippen LogP contribution in [-0.2, 0) is 21.1 Å². The highest BCUT2D eigenvalue weighted by atomic mass is 32.2. The zero-order valence-corrected chi connectivity index (χ0v) is 15.7. The molecular formula is C21H23NO3S. The third-order valence-electron chi connectivity index (χ3n) is 5.79. The van der Waals surface area contributed by atoms with Crippen molar-refractivity contribution in [1.82, 2.24) is 0 Å². The Kier molecular flexibility index (Phi) is 4.14. The molecule has 26 heavy (non-hydrogen) atoms. The number of anilines is 1. The van der Waals surface area contributed by atoms with Gasteiger partial charge in [-0.05, 0) is 49.9 Å². The molecule has 0 saturated heterocycles. The first-order valence-electron chi connectivity index (χ1n) is 9.19. The summed E-state index contributed by atoms with van der Waals surface area (Å²) in [5.74, 6) is -0.253. The van der Waals surface area contributed by atoms with Crippen LogP contribution >= 0.6 is 0 Å². The average molecular weight is 369 g/mol. The fourth-order valence-electron chi connectivity index (χ4n) is 4.46. The van der Waals surface area contributed by atoms with Gasteiger partial charge in [-0.25, -0.2) is 8.42 Å². The number of amides is 1. The van der Waals surface area contributed by atoms with E-state index >= 15 is 0 Å². The Morgan fingerprint density at radius 3 is 2.31 bits per heavy atom. The van der Waals surface area contributed by atoms with E-state index in [-0.39, 0.29) is 16.8 Å². The molecule has 2 aromatic carbocycles. The second-order valence-corrected chi connectivity index (χ2v) is 9.63. The van der Waals surface area contributed by atoms with Gasteiger partial charge in [-0.1, -0.05) is 49.2 Å². The van der Waals surface area contributed by atoms with Gasteiger partial charge in [-0.15, -0.1) is 0 Å². The quantitative estimate of drug-likeness (QED) is 0.828. The Morgan fingerprint density at radius 1 is 1.00 bits per heavy atom. The first-order valence-corrected chi connectivity index (χ1v) is 10.7. The number of carbonyl (C=O) groups is 1. The highest BCUT2D eigenvalue weighted by Crippen LogP contribution is 2.44. The minimum Gasteiger partial charge on any atom is -0.308 e. The lowest BCUT2D eigenvalue weighted by Gasteiger charge is -2.34.